The van der Waals surface area contributed by atoms with Crippen molar-refractivity contribution in [3.8, 4) is 0 Å². The lowest BCUT2D eigenvalue weighted by Crippen LogP contribution is -2.29. The van der Waals surface area contributed by atoms with E-state index in [4.69, 9.17) is 0 Å². The van der Waals surface area contributed by atoms with E-state index in [0.717, 1.165) is 5.69 Å². The summed E-state index contributed by atoms with van der Waals surface area (Å²) >= 11 is 0. The van der Waals surface area contributed by atoms with E-state index in [1.807, 2.05) is 0 Å². The molecule has 1 aromatic rings. The Morgan fingerprint density at radius 3 is 2.71 bits per heavy atom. The first-order valence-corrected chi connectivity index (χ1v) is 5.43. The number of nitrogens with zero attached hydrogens (tertiary/aromatic N) is 2. The lowest BCUT2D eigenvalue weighted by Gasteiger charge is -2.18. The van der Waals surface area contributed by atoms with Crippen molar-refractivity contribution < 1.29 is 9.90 Å². The van der Waals surface area contributed by atoms with E-state index in [2.05, 4.69) is 10.3 Å². The fraction of sp³-hybridized carbons (Fsp3) is 0.500. The number of carbonyl (C=O) groups excluding carboxylic acids is 1. The Bertz CT molecular complexity index is 397. The molecular formula is C12H19N3O2. The first kappa shape index (κ1) is 13.4. The van der Waals surface area contributed by atoms with E-state index in [0.29, 0.717) is 12.2 Å². The maximum absolute atomic E-state index is 11.7. The first-order chi connectivity index (χ1) is 7.79. The predicted molar refractivity (Wildman–Crippen MR) is 67.0 cm³/mol. The summed E-state index contributed by atoms with van der Waals surface area (Å²) < 4.78 is 0. The molecule has 0 bridgehead atoms. The largest absolute Gasteiger partial charge is 0.389 e. The second-order valence-electron chi connectivity index (χ2n) is 4.80. The van der Waals surface area contributed by atoms with Crippen molar-refractivity contribution in [2.45, 2.75) is 19.4 Å². The van der Waals surface area contributed by atoms with E-state index in [1.54, 1.807) is 46.3 Å². The van der Waals surface area contributed by atoms with Gasteiger partial charge in [0, 0.05) is 32.5 Å². The molecule has 0 spiro atoms. The van der Waals surface area contributed by atoms with Crippen LogP contribution in [0.15, 0.2) is 18.3 Å². The molecule has 0 aromatic carbocycles. The van der Waals surface area contributed by atoms with Crippen LogP contribution < -0.4 is 5.32 Å². The molecule has 17 heavy (non-hydrogen) atoms. The third-order valence-electron chi connectivity index (χ3n) is 2.11. The number of aromatic nitrogens is 1. The molecule has 1 heterocycles. The van der Waals surface area contributed by atoms with Gasteiger partial charge in [0.15, 0.2) is 0 Å². The Morgan fingerprint density at radius 1 is 1.53 bits per heavy atom. The molecule has 1 aromatic heterocycles. The topological polar surface area (TPSA) is 65.5 Å². The summed E-state index contributed by atoms with van der Waals surface area (Å²) in [6.45, 7) is 3.84. The van der Waals surface area contributed by atoms with Crippen molar-refractivity contribution in [1.29, 1.82) is 0 Å². The summed E-state index contributed by atoms with van der Waals surface area (Å²) in [7, 11) is 3.36. The Balaban J connectivity index is 2.76. The molecule has 1 amide bonds. The maximum Gasteiger partial charge on any atom is 0.272 e. The Hall–Kier alpha value is -1.62. The second-order valence-corrected chi connectivity index (χ2v) is 4.80. The Labute approximate surface area is 101 Å². The molecule has 0 saturated heterocycles. The smallest absolute Gasteiger partial charge is 0.272 e. The number of amides is 1. The second kappa shape index (κ2) is 5.14. The van der Waals surface area contributed by atoms with Gasteiger partial charge in [-0.25, -0.2) is 0 Å². The van der Waals surface area contributed by atoms with Crippen molar-refractivity contribution in [2.24, 2.45) is 0 Å². The summed E-state index contributed by atoms with van der Waals surface area (Å²) in [5, 5.41) is 12.7. The molecule has 0 aliphatic heterocycles. The molecule has 5 heteroatoms. The summed E-state index contributed by atoms with van der Waals surface area (Å²) in [6.07, 6.45) is 1.57. The minimum absolute atomic E-state index is 0.142. The van der Waals surface area contributed by atoms with Crippen LogP contribution in [0.2, 0.25) is 0 Å². The van der Waals surface area contributed by atoms with E-state index in [1.165, 1.54) is 4.90 Å². The number of hydrogen-bond acceptors (Lipinski definition) is 4. The molecule has 0 fully saturated rings. The number of anilines is 1. The summed E-state index contributed by atoms with van der Waals surface area (Å²) in [6, 6.07) is 3.44. The van der Waals surface area contributed by atoms with Crippen LogP contribution >= 0.6 is 0 Å². The number of rotatable bonds is 4. The van der Waals surface area contributed by atoms with Crippen LogP contribution in [0, 0.1) is 0 Å². The molecule has 2 N–H and O–H groups in total. The summed E-state index contributed by atoms with van der Waals surface area (Å²) in [5.74, 6) is -0.142. The molecule has 0 atom stereocenters. The predicted octanol–water partition coefficient (Wildman–Crippen LogP) is 0.966. The van der Waals surface area contributed by atoms with Gasteiger partial charge in [0.1, 0.15) is 5.69 Å². The highest BCUT2D eigenvalue weighted by molar-refractivity contribution is 5.92. The van der Waals surface area contributed by atoms with Crippen LogP contribution in [0.25, 0.3) is 0 Å². The highest BCUT2D eigenvalue weighted by Gasteiger charge is 2.13. The van der Waals surface area contributed by atoms with Gasteiger partial charge in [-0.05, 0) is 26.0 Å². The quantitative estimate of drug-likeness (QED) is 0.819. The zero-order valence-corrected chi connectivity index (χ0v) is 10.7. The minimum Gasteiger partial charge on any atom is -0.389 e. The van der Waals surface area contributed by atoms with Crippen molar-refractivity contribution in [1.82, 2.24) is 9.88 Å². The zero-order chi connectivity index (χ0) is 13.1. The summed E-state index contributed by atoms with van der Waals surface area (Å²) in [5.41, 5.74) is 0.359. The van der Waals surface area contributed by atoms with Gasteiger partial charge in [-0.15, -0.1) is 0 Å². The molecule has 0 radical (unpaired) electrons. The van der Waals surface area contributed by atoms with Crippen LogP contribution in [-0.4, -0.2) is 47.1 Å². The molecule has 1 rings (SSSR count). The van der Waals surface area contributed by atoms with Crippen LogP contribution in [0.1, 0.15) is 24.3 Å². The van der Waals surface area contributed by atoms with Gasteiger partial charge >= 0.3 is 0 Å². The van der Waals surface area contributed by atoms with Gasteiger partial charge in [-0.1, -0.05) is 0 Å². The third-order valence-corrected chi connectivity index (χ3v) is 2.11. The lowest BCUT2D eigenvalue weighted by molar-refractivity contribution is 0.0822. The average Bonchev–Trinajstić information content (AvgIpc) is 2.24. The number of pyridine rings is 1. The lowest BCUT2D eigenvalue weighted by atomic mass is 10.1. The molecule has 0 aliphatic rings. The van der Waals surface area contributed by atoms with E-state index in [-0.39, 0.29) is 5.91 Å². The SMILES string of the molecule is CN(C)C(=O)c1cc(NCC(C)(C)O)ccn1. The van der Waals surface area contributed by atoms with Crippen molar-refractivity contribution in [3.05, 3.63) is 24.0 Å². The van der Waals surface area contributed by atoms with Gasteiger partial charge in [-0.2, -0.15) is 0 Å². The average molecular weight is 237 g/mol. The number of aliphatic hydroxyl groups is 1. The Morgan fingerprint density at radius 2 is 2.18 bits per heavy atom. The highest BCUT2D eigenvalue weighted by Crippen LogP contribution is 2.11. The van der Waals surface area contributed by atoms with Crippen molar-refractivity contribution >= 4 is 11.6 Å². The molecule has 0 aliphatic carbocycles. The van der Waals surface area contributed by atoms with Crippen molar-refractivity contribution in [2.75, 3.05) is 26.0 Å². The van der Waals surface area contributed by atoms with Gasteiger partial charge < -0.3 is 15.3 Å². The number of hydrogen-bond donors (Lipinski definition) is 2. The summed E-state index contributed by atoms with van der Waals surface area (Å²) in [4.78, 5) is 17.2. The Kier molecular flexibility index (Phi) is 4.07. The van der Waals surface area contributed by atoms with Crippen LogP contribution in [0.5, 0.6) is 0 Å². The standard InChI is InChI=1S/C12H19N3O2/c1-12(2,17)8-14-9-5-6-13-10(7-9)11(16)15(3)4/h5-7,17H,8H2,1-4H3,(H,13,14). The number of carbonyl (C=O) groups is 1. The maximum atomic E-state index is 11.7. The molecule has 0 unspecified atom stereocenters. The van der Waals surface area contributed by atoms with Gasteiger partial charge in [-0.3, -0.25) is 9.78 Å². The number of nitrogens with one attached hydrogen (secondary N) is 1. The first-order valence-electron chi connectivity index (χ1n) is 5.43. The molecule has 5 nitrogen and oxygen atoms in total. The van der Waals surface area contributed by atoms with Gasteiger partial charge in [0.25, 0.3) is 5.91 Å². The monoisotopic (exact) mass is 237 g/mol. The van der Waals surface area contributed by atoms with E-state index >= 15 is 0 Å². The van der Waals surface area contributed by atoms with Crippen LogP contribution in [-0.2, 0) is 0 Å². The van der Waals surface area contributed by atoms with Crippen LogP contribution in [0.3, 0.4) is 0 Å². The normalized spacial score (nSPS) is 11.1. The van der Waals surface area contributed by atoms with Gasteiger partial charge in [0.05, 0.1) is 5.60 Å². The van der Waals surface area contributed by atoms with Crippen molar-refractivity contribution in [3.63, 3.8) is 0 Å². The molecule has 0 saturated carbocycles. The van der Waals surface area contributed by atoms with E-state index in [9.17, 15) is 9.90 Å². The molecule has 94 valence electrons. The van der Waals surface area contributed by atoms with Crippen LogP contribution in [0.4, 0.5) is 5.69 Å². The van der Waals surface area contributed by atoms with Gasteiger partial charge in [0.2, 0.25) is 0 Å². The fourth-order valence-corrected chi connectivity index (χ4v) is 1.20. The third kappa shape index (κ3) is 4.40. The fourth-order valence-electron chi connectivity index (χ4n) is 1.20. The van der Waals surface area contributed by atoms with E-state index < -0.39 is 5.60 Å². The highest BCUT2D eigenvalue weighted by atomic mass is 16.3. The molecular weight excluding hydrogens is 218 g/mol. The minimum atomic E-state index is -0.797. The zero-order valence-electron chi connectivity index (χ0n) is 10.7.